The van der Waals surface area contributed by atoms with Gasteiger partial charge >= 0.3 is 0 Å². The van der Waals surface area contributed by atoms with Gasteiger partial charge in [-0.1, -0.05) is 28.1 Å². The monoisotopic (exact) mass is 347 g/mol. The summed E-state index contributed by atoms with van der Waals surface area (Å²) in [5.74, 6) is -0.136. The molecule has 0 aliphatic carbocycles. The van der Waals surface area contributed by atoms with E-state index in [2.05, 4.69) is 21.2 Å². The Labute approximate surface area is 131 Å². The molecule has 0 atom stereocenters. The van der Waals surface area contributed by atoms with E-state index in [-0.39, 0.29) is 12.2 Å². The molecule has 0 bridgehead atoms. The van der Waals surface area contributed by atoms with Crippen molar-refractivity contribution in [2.24, 2.45) is 0 Å². The Balaban J connectivity index is 1.67. The molecule has 21 heavy (non-hydrogen) atoms. The first-order valence-corrected chi connectivity index (χ1v) is 7.42. The fraction of sp³-hybridized carbons (Fsp3) is 0.188. The van der Waals surface area contributed by atoms with Crippen molar-refractivity contribution in [1.29, 1.82) is 0 Å². The number of benzene rings is 2. The van der Waals surface area contributed by atoms with Gasteiger partial charge < -0.3 is 14.8 Å². The maximum Gasteiger partial charge on any atom is 0.255 e. The molecule has 2 aromatic carbocycles. The summed E-state index contributed by atoms with van der Waals surface area (Å²) < 4.78 is 11.8. The van der Waals surface area contributed by atoms with E-state index >= 15 is 0 Å². The van der Waals surface area contributed by atoms with Gasteiger partial charge in [0.1, 0.15) is 0 Å². The van der Waals surface area contributed by atoms with Crippen molar-refractivity contribution in [3.05, 3.63) is 64.1 Å². The zero-order chi connectivity index (χ0) is 14.7. The molecule has 3 rings (SSSR count). The number of nitrogens with one attached hydrogen (secondary N) is 1. The molecule has 1 aliphatic heterocycles. The first-order valence-electron chi connectivity index (χ1n) is 6.62. The van der Waals surface area contributed by atoms with E-state index in [1.165, 1.54) is 0 Å². The Morgan fingerprint density at radius 3 is 2.24 bits per heavy atom. The molecular weight excluding hydrogens is 334 g/mol. The molecule has 0 saturated carbocycles. The summed E-state index contributed by atoms with van der Waals surface area (Å²) in [6.45, 7) is 1.24. The maximum absolute atomic E-state index is 12.1. The van der Waals surface area contributed by atoms with Gasteiger partial charge in [-0.05, 0) is 36.4 Å². The van der Waals surface area contributed by atoms with Gasteiger partial charge in [-0.2, -0.15) is 0 Å². The van der Waals surface area contributed by atoms with Crippen LogP contribution in [-0.4, -0.2) is 19.1 Å². The summed E-state index contributed by atoms with van der Waals surface area (Å²) in [5.41, 5.74) is 2.31. The standard InChI is InChI=1S/C16H14BrNO3/c17-13-5-1-11(2-6-13)15(19)18-14-7-3-12(4-8-14)16-20-9-10-21-16/h1-8,16H,9-10H2,(H,18,19). The van der Waals surface area contributed by atoms with Crippen LogP contribution >= 0.6 is 15.9 Å². The van der Waals surface area contributed by atoms with Gasteiger partial charge in [-0.15, -0.1) is 0 Å². The Hall–Kier alpha value is -1.69. The highest BCUT2D eigenvalue weighted by Crippen LogP contribution is 2.24. The lowest BCUT2D eigenvalue weighted by molar-refractivity contribution is -0.0441. The minimum atomic E-state index is -0.291. The lowest BCUT2D eigenvalue weighted by atomic mass is 10.2. The number of carbonyl (C=O) groups excluding carboxylic acids is 1. The molecule has 1 saturated heterocycles. The van der Waals surface area contributed by atoms with E-state index in [0.717, 1.165) is 15.7 Å². The maximum atomic E-state index is 12.1. The molecule has 0 unspecified atom stereocenters. The molecule has 1 fully saturated rings. The van der Waals surface area contributed by atoms with Crippen LogP contribution in [0.25, 0.3) is 0 Å². The molecular formula is C16H14BrNO3. The van der Waals surface area contributed by atoms with Crippen LogP contribution in [0, 0.1) is 0 Å². The van der Waals surface area contributed by atoms with Crippen molar-refractivity contribution < 1.29 is 14.3 Å². The highest BCUT2D eigenvalue weighted by Gasteiger charge is 2.17. The van der Waals surface area contributed by atoms with Gasteiger partial charge in [0.05, 0.1) is 13.2 Å². The van der Waals surface area contributed by atoms with Gasteiger partial charge in [0.15, 0.2) is 6.29 Å². The summed E-state index contributed by atoms with van der Waals surface area (Å²) >= 11 is 3.35. The fourth-order valence-corrected chi connectivity index (χ4v) is 2.34. The fourth-order valence-electron chi connectivity index (χ4n) is 2.08. The third kappa shape index (κ3) is 3.50. The van der Waals surface area contributed by atoms with Gasteiger partial charge in [0.25, 0.3) is 5.91 Å². The van der Waals surface area contributed by atoms with Crippen molar-refractivity contribution in [2.45, 2.75) is 6.29 Å². The molecule has 4 nitrogen and oxygen atoms in total. The van der Waals surface area contributed by atoms with Crippen molar-refractivity contribution in [3.63, 3.8) is 0 Å². The van der Waals surface area contributed by atoms with Crippen molar-refractivity contribution >= 4 is 27.5 Å². The van der Waals surface area contributed by atoms with E-state index in [0.29, 0.717) is 18.8 Å². The van der Waals surface area contributed by atoms with Gasteiger partial charge in [0, 0.05) is 21.3 Å². The van der Waals surface area contributed by atoms with Gasteiger partial charge in [-0.3, -0.25) is 4.79 Å². The van der Waals surface area contributed by atoms with Crippen LogP contribution in [0.1, 0.15) is 22.2 Å². The second-order valence-electron chi connectivity index (χ2n) is 4.66. The van der Waals surface area contributed by atoms with E-state index in [1.807, 2.05) is 36.4 Å². The molecule has 1 heterocycles. The highest BCUT2D eigenvalue weighted by molar-refractivity contribution is 9.10. The van der Waals surface area contributed by atoms with E-state index in [4.69, 9.17) is 9.47 Å². The van der Waals surface area contributed by atoms with Crippen LogP contribution < -0.4 is 5.32 Å². The Morgan fingerprint density at radius 2 is 1.62 bits per heavy atom. The Morgan fingerprint density at radius 1 is 1.00 bits per heavy atom. The number of carbonyl (C=O) groups is 1. The molecule has 1 amide bonds. The third-order valence-corrected chi connectivity index (χ3v) is 3.70. The van der Waals surface area contributed by atoms with E-state index < -0.39 is 0 Å². The highest BCUT2D eigenvalue weighted by atomic mass is 79.9. The number of rotatable bonds is 3. The van der Waals surface area contributed by atoms with Crippen LogP contribution in [0.4, 0.5) is 5.69 Å². The topological polar surface area (TPSA) is 47.6 Å². The lowest BCUT2D eigenvalue weighted by Crippen LogP contribution is -2.11. The molecule has 5 heteroatoms. The second-order valence-corrected chi connectivity index (χ2v) is 5.57. The average molecular weight is 348 g/mol. The molecule has 0 spiro atoms. The molecule has 0 aromatic heterocycles. The summed E-state index contributed by atoms with van der Waals surface area (Å²) in [7, 11) is 0. The summed E-state index contributed by atoms with van der Waals surface area (Å²) in [5, 5.41) is 2.86. The van der Waals surface area contributed by atoms with E-state index in [9.17, 15) is 4.79 Å². The van der Waals surface area contributed by atoms with Crippen molar-refractivity contribution in [3.8, 4) is 0 Å². The predicted molar refractivity (Wildman–Crippen MR) is 83.2 cm³/mol. The second kappa shape index (κ2) is 6.39. The molecule has 108 valence electrons. The van der Waals surface area contributed by atoms with Crippen molar-refractivity contribution in [2.75, 3.05) is 18.5 Å². The van der Waals surface area contributed by atoms with Crippen LogP contribution in [0.2, 0.25) is 0 Å². The first-order chi connectivity index (χ1) is 10.2. The Bertz CT molecular complexity index is 619. The third-order valence-electron chi connectivity index (χ3n) is 3.17. The quantitative estimate of drug-likeness (QED) is 0.919. The SMILES string of the molecule is O=C(Nc1ccc(C2OCCO2)cc1)c1ccc(Br)cc1. The van der Waals surface area contributed by atoms with E-state index in [1.54, 1.807) is 12.1 Å². The van der Waals surface area contributed by atoms with Gasteiger partial charge in [0.2, 0.25) is 0 Å². The van der Waals surface area contributed by atoms with Crippen LogP contribution in [0.3, 0.4) is 0 Å². The number of anilines is 1. The number of ether oxygens (including phenoxy) is 2. The summed E-state index contributed by atoms with van der Waals surface area (Å²) in [6, 6.07) is 14.7. The first kappa shape index (κ1) is 14.3. The number of hydrogen-bond donors (Lipinski definition) is 1. The lowest BCUT2D eigenvalue weighted by Gasteiger charge is -2.10. The van der Waals surface area contributed by atoms with Crippen LogP contribution in [-0.2, 0) is 9.47 Å². The van der Waals surface area contributed by atoms with Crippen molar-refractivity contribution in [1.82, 2.24) is 0 Å². The molecule has 1 N–H and O–H groups in total. The molecule has 0 radical (unpaired) electrons. The minimum Gasteiger partial charge on any atom is -0.346 e. The molecule has 2 aromatic rings. The van der Waals surface area contributed by atoms with Crippen LogP contribution in [0.15, 0.2) is 53.0 Å². The smallest absolute Gasteiger partial charge is 0.255 e. The zero-order valence-corrected chi connectivity index (χ0v) is 12.8. The largest absolute Gasteiger partial charge is 0.346 e. The average Bonchev–Trinajstić information content (AvgIpc) is 3.03. The zero-order valence-electron chi connectivity index (χ0n) is 11.2. The van der Waals surface area contributed by atoms with Gasteiger partial charge in [-0.25, -0.2) is 0 Å². The predicted octanol–water partition coefficient (Wildman–Crippen LogP) is 3.75. The normalized spacial score (nSPS) is 15.1. The summed E-state index contributed by atoms with van der Waals surface area (Å²) in [4.78, 5) is 12.1. The molecule has 1 aliphatic rings. The minimum absolute atomic E-state index is 0.136. The number of hydrogen-bond acceptors (Lipinski definition) is 3. The Kier molecular flexibility index (Phi) is 4.34. The number of halogens is 1. The van der Waals surface area contributed by atoms with Crippen LogP contribution in [0.5, 0.6) is 0 Å². The summed E-state index contributed by atoms with van der Waals surface area (Å²) in [6.07, 6.45) is -0.291. The number of amides is 1.